The minimum atomic E-state index is -3.58. The maximum atomic E-state index is 13.6. The van der Waals surface area contributed by atoms with Crippen LogP contribution in [0.5, 0.6) is 0 Å². The summed E-state index contributed by atoms with van der Waals surface area (Å²) >= 11 is 0. The molecule has 0 amide bonds. The first-order valence-corrected chi connectivity index (χ1v) is 12.1. The fourth-order valence-corrected chi connectivity index (χ4v) is 5.23. The summed E-state index contributed by atoms with van der Waals surface area (Å²) in [5.41, 5.74) is 4.61. The van der Waals surface area contributed by atoms with Crippen LogP contribution in [0.3, 0.4) is 0 Å². The number of benzene rings is 2. The lowest BCUT2D eigenvalue weighted by Gasteiger charge is -2.12. The van der Waals surface area contributed by atoms with Crippen LogP contribution in [0, 0.1) is 12.7 Å². The van der Waals surface area contributed by atoms with E-state index in [0.717, 1.165) is 33.2 Å². The second kappa shape index (κ2) is 8.72. The Morgan fingerprint density at radius 2 is 1.74 bits per heavy atom. The number of fused-ring (bicyclic) bond motifs is 1. The summed E-state index contributed by atoms with van der Waals surface area (Å²) in [7, 11) is -3.58. The first kappa shape index (κ1) is 21.8. The quantitative estimate of drug-likeness (QED) is 0.352. The maximum Gasteiger partial charge on any atom is 0.184 e. The minimum absolute atomic E-state index is 0.200. The molecule has 3 aromatic heterocycles. The zero-order valence-electron chi connectivity index (χ0n) is 18.2. The van der Waals surface area contributed by atoms with Crippen LogP contribution in [0.2, 0.25) is 0 Å². The Morgan fingerprint density at radius 3 is 2.50 bits per heavy atom. The molecule has 0 aliphatic rings. The summed E-state index contributed by atoms with van der Waals surface area (Å²) < 4.78 is 39.5. The number of aryl methyl sites for hydroxylation is 1. The van der Waals surface area contributed by atoms with Gasteiger partial charge in [-0.1, -0.05) is 24.3 Å². The molecule has 0 radical (unpaired) electrons. The fraction of sp³-hybridized carbons (Fsp3) is 0.0769. The van der Waals surface area contributed by atoms with Crippen LogP contribution in [0.15, 0.2) is 90.6 Å². The van der Waals surface area contributed by atoms with Gasteiger partial charge >= 0.3 is 0 Å². The first-order chi connectivity index (χ1) is 16.4. The number of nitrogens with zero attached hydrogens (tertiary/aromatic N) is 4. The molecule has 0 bridgehead atoms. The third kappa shape index (κ3) is 4.27. The van der Waals surface area contributed by atoms with Crippen LogP contribution in [-0.4, -0.2) is 28.4 Å². The van der Waals surface area contributed by atoms with Crippen LogP contribution in [0.25, 0.3) is 33.2 Å². The van der Waals surface area contributed by atoms with E-state index >= 15 is 0 Å². The predicted octanol–water partition coefficient (Wildman–Crippen LogP) is 5.18. The lowest BCUT2D eigenvalue weighted by atomic mass is 9.96. The molecule has 0 unspecified atom stereocenters. The summed E-state index contributed by atoms with van der Waals surface area (Å²) in [5.74, 6) is -0.588. The number of sulfone groups is 1. The normalized spacial score (nSPS) is 11.6. The van der Waals surface area contributed by atoms with Crippen molar-refractivity contribution < 1.29 is 12.8 Å². The number of hydrogen-bond acceptors (Lipinski definition) is 6. The van der Waals surface area contributed by atoms with Crippen LogP contribution >= 0.6 is 0 Å². The van der Waals surface area contributed by atoms with E-state index < -0.39 is 9.84 Å². The maximum absolute atomic E-state index is 13.6. The Kier molecular flexibility index (Phi) is 5.59. The van der Waals surface area contributed by atoms with Crippen molar-refractivity contribution in [2.75, 3.05) is 0 Å². The zero-order chi connectivity index (χ0) is 23.7. The Bertz CT molecular complexity index is 1620. The molecule has 0 saturated heterocycles. The fourth-order valence-electron chi connectivity index (χ4n) is 3.92. The van der Waals surface area contributed by atoms with E-state index in [4.69, 9.17) is 0 Å². The van der Waals surface area contributed by atoms with Gasteiger partial charge in [0.05, 0.1) is 28.2 Å². The highest BCUT2D eigenvalue weighted by Gasteiger charge is 2.18. The molecule has 5 rings (SSSR count). The molecule has 0 spiro atoms. The molecule has 2 aromatic carbocycles. The first-order valence-electron chi connectivity index (χ1n) is 10.5. The topological polar surface area (TPSA) is 85.7 Å². The van der Waals surface area contributed by atoms with E-state index in [1.807, 2.05) is 25.1 Å². The van der Waals surface area contributed by atoms with Gasteiger partial charge in [0.25, 0.3) is 0 Å². The van der Waals surface area contributed by atoms with Crippen molar-refractivity contribution in [2.24, 2.45) is 0 Å². The van der Waals surface area contributed by atoms with Crippen molar-refractivity contribution in [3.05, 3.63) is 103 Å². The predicted molar refractivity (Wildman–Crippen MR) is 128 cm³/mol. The molecule has 0 aliphatic heterocycles. The van der Waals surface area contributed by atoms with Crippen molar-refractivity contribution in [2.45, 2.75) is 17.6 Å². The molecule has 34 heavy (non-hydrogen) atoms. The minimum Gasteiger partial charge on any atom is -0.261 e. The lowest BCUT2D eigenvalue weighted by molar-refractivity contribution is 0.594. The van der Waals surface area contributed by atoms with E-state index in [1.165, 1.54) is 24.8 Å². The van der Waals surface area contributed by atoms with Crippen molar-refractivity contribution in [3.8, 4) is 22.4 Å². The third-order valence-electron chi connectivity index (χ3n) is 5.60. The van der Waals surface area contributed by atoms with E-state index in [-0.39, 0.29) is 16.5 Å². The average Bonchev–Trinajstić information content (AvgIpc) is 2.84. The summed E-state index contributed by atoms with van der Waals surface area (Å²) in [4.78, 5) is 16.6. The Labute approximate surface area is 196 Å². The zero-order valence-corrected chi connectivity index (χ0v) is 19.0. The summed E-state index contributed by atoms with van der Waals surface area (Å²) in [6, 6.07) is 15.7. The molecule has 168 valence electrons. The Balaban J connectivity index is 1.53. The van der Waals surface area contributed by atoms with E-state index in [9.17, 15) is 12.8 Å². The summed E-state index contributed by atoms with van der Waals surface area (Å²) in [5, 5.41) is 1.61. The smallest absolute Gasteiger partial charge is 0.184 e. The van der Waals surface area contributed by atoms with E-state index in [1.54, 1.807) is 42.7 Å². The SMILES string of the molecule is Cc1cc(-c2cncc(F)c2)ccc1-c1nccc2cc(S(=O)(=O)Cc3ccncn3)ccc12. The van der Waals surface area contributed by atoms with Crippen LogP contribution in [-0.2, 0) is 15.6 Å². The molecule has 3 heterocycles. The Morgan fingerprint density at radius 1 is 0.853 bits per heavy atom. The molecule has 0 saturated carbocycles. The van der Waals surface area contributed by atoms with Gasteiger partial charge in [-0.05, 0) is 53.8 Å². The van der Waals surface area contributed by atoms with Crippen molar-refractivity contribution in [1.82, 2.24) is 19.9 Å². The van der Waals surface area contributed by atoms with E-state index in [0.29, 0.717) is 11.3 Å². The third-order valence-corrected chi connectivity index (χ3v) is 7.24. The molecular formula is C26H19FN4O2S. The molecular weight excluding hydrogens is 451 g/mol. The van der Waals surface area contributed by atoms with Gasteiger partial charge in [0.2, 0.25) is 0 Å². The Hall–Kier alpha value is -4.04. The largest absolute Gasteiger partial charge is 0.261 e. The molecule has 0 aliphatic carbocycles. The number of aromatic nitrogens is 4. The van der Waals surface area contributed by atoms with Crippen molar-refractivity contribution >= 4 is 20.6 Å². The van der Waals surface area contributed by atoms with Crippen LogP contribution in [0.4, 0.5) is 4.39 Å². The molecule has 5 aromatic rings. The second-order valence-corrected chi connectivity index (χ2v) is 9.91. The van der Waals surface area contributed by atoms with Crippen molar-refractivity contribution in [3.63, 3.8) is 0 Å². The highest BCUT2D eigenvalue weighted by Crippen LogP contribution is 2.33. The molecule has 0 N–H and O–H groups in total. The number of halogens is 1. The molecule has 0 fully saturated rings. The van der Waals surface area contributed by atoms with Crippen LogP contribution in [0.1, 0.15) is 11.3 Å². The van der Waals surface area contributed by atoms with Crippen molar-refractivity contribution in [1.29, 1.82) is 0 Å². The standard InChI is InChI=1S/C26H19FN4O2S/c1-17-10-18(20-11-21(27)14-29-13-20)2-4-24(17)26-25-5-3-23(12-19(25)6-9-30-26)34(32,33)15-22-7-8-28-16-31-22/h2-14,16H,15H2,1H3. The second-order valence-electron chi connectivity index (χ2n) is 7.92. The van der Waals surface area contributed by atoms with Crippen LogP contribution < -0.4 is 0 Å². The van der Waals surface area contributed by atoms with E-state index in [2.05, 4.69) is 19.9 Å². The highest BCUT2D eigenvalue weighted by molar-refractivity contribution is 7.90. The van der Waals surface area contributed by atoms with Gasteiger partial charge in [-0.2, -0.15) is 0 Å². The molecule has 0 atom stereocenters. The van der Waals surface area contributed by atoms with Gasteiger partial charge in [0.15, 0.2) is 9.84 Å². The average molecular weight is 471 g/mol. The summed E-state index contributed by atoms with van der Waals surface area (Å²) in [6.45, 7) is 1.96. The monoisotopic (exact) mass is 470 g/mol. The van der Waals surface area contributed by atoms with Gasteiger partial charge in [0.1, 0.15) is 12.1 Å². The number of pyridine rings is 2. The molecule has 6 nitrogen and oxygen atoms in total. The number of rotatable bonds is 5. The number of hydrogen-bond donors (Lipinski definition) is 0. The summed E-state index contributed by atoms with van der Waals surface area (Å²) in [6.07, 6.45) is 7.32. The van der Waals surface area contributed by atoms with Gasteiger partial charge in [-0.25, -0.2) is 22.8 Å². The highest BCUT2D eigenvalue weighted by atomic mass is 32.2. The van der Waals surface area contributed by atoms with Gasteiger partial charge in [-0.15, -0.1) is 0 Å². The van der Waals surface area contributed by atoms with Gasteiger partial charge < -0.3 is 0 Å². The molecule has 8 heteroatoms. The van der Waals surface area contributed by atoms with Gasteiger partial charge in [-0.3, -0.25) is 9.97 Å². The van der Waals surface area contributed by atoms with Gasteiger partial charge in [0, 0.05) is 35.1 Å². The lowest BCUT2D eigenvalue weighted by Crippen LogP contribution is -2.06.